The molecule has 2 nitrogen and oxygen atoms in total. The largest absolute Gasteiger partial charge is 0.439 e. The molecule has 0 aliphatic carbocycles. The highest BCUT2D eigenvalue weighted by atomic mass is 35.5. The third-order valence-corrected chi connectivity index (χ3v) is 3.74. The van der Waals surface area contributed by atoms with E-state index in [2.05, 4.69) is 24.0 Å². The van der Waals surface area contributed by atoms with Gasteiger partial charge in [-0.3, -0.25) is 0 Å². The van der Waals surface area contributed by atoms with Crippen molar-refractivity contribution < 1.29 is 4.74 Å². The van der Waals surface area contributed by atoms with Crippen molar-refractivity contribution in [1.29, 1.82) is 0 Å². The van der Waals surface area contributed by atoms with Crippen LogP contribution in [0.4, 0.5) is 0 Å². The van der Waals surface area contributed by atoms with Gasteiger partial charge in [0, 0.05) is 10.9 Å². The maximum Gasteiger partial charge on any atom is 0.224 e. The van der Waals surface area contributed by atoms with Gasteiger partial charge < -0.3 is 4.74 Å². The zero-order valence-corrected chi connectivity index (χ0v) is 12.6. The number of aromatic nitrogens is 1. The van der Waals surface area contributed by atoms with Crippen molar-refractivity contribution >= 4 is 22.5 Å². The van der Waals surface area contributed by atoms with Crippen molar-refractivity contribution in [2.75, 3.05) is 0 Å². The summed E-state index contributed by atoms with van der Waals surface area (Å²) in [5, 5.41) is 1.07. The van der Waals surface area contributed by atoms with Gasteiger partial charge in [0.2, 0.25) is 5.88 Å². The Kier molecular flexibility index (Phi) is 4.07. The lowest BCUT2D eigenvalue weighted by molar-refractivity contribution is 0.460. The molecule has 3 rings (SSSR count). The number of pyridine rings is 1. The highest BCUT2D eigenvalue weighted by molar-refractivity contribution is 6.17. The Balaban J connectivity index is 1.97. The lowest BCUT2D eigenvalue weighted by Gasteiger charge is -2.10. The number of alkyl halides is 1. The summed E-state index contributed by atoms with van der Waals surface area (Å²) in [4.78, 5) is 4.58. The van der Waals surface area contributed by atoms with Crippen molar-refractivity contribution in [1.82, 2.24) is 4.98 Å². The zero-order chi connectivity index (χ0) is 14.7. The highest BCUT2D eigenvalue weighted by Crippen LogP contribution is 2.28. The van der Waals surface area contributed by atoms with Crippen LogP contribution in [-0.4, -0.2) is 4.98 Å². The zero-order valence-electron chi connectivity index (χ0n) is 11.8. The normalized spacial score (nSPS) is 10.8. The van der Waals surface area contributed by atoms with Gasteiger partial charge >= 0.3 is 0 Å². The van der Waals surface area contributed by atoms with Crippen LogP contribution in [0.1, 0.15) is 18.1 Å². The summed E-state index contributed by atoms with van der Waals surface area (Å²) in [5.74, 6) is 1.73. The molecular weight excluding hydrogens is 282 g/mol. The molecule has 0 amide bonds. The first kappa shape index (κ1) is 13.9. The molecule has 106 valence electrons. The molecule has 0 fully saturated rings. The van der Waals surface area contributed by atoms with E-state index in [1.807, 2.05) is 42.5 Å². The summed E-state index contributed by atoms with van der Waals surface area (Å²) in [6.07, 6.45) is 1.02. The van der Waals surface area contributed by atoms with Crippen LogP contribution in [-0.2, 0) is 12.3 Å². The van der Waals surface area contributed by atoms with Crippen molar-refractivity contribution in [3.05, 3.63) is 65.7 Å². The molecule has 1 aromatic heterocycles. The monoisotopic (exact) mass is 297 g/mol. The van der Waals surface area contributed by atoms with Crippen LogP contribution >= 0.6 is 11.6 Å². The summed E-state index contributed by atoms with van der Waals surface area (Å²) in [5.41, 5.74) is 3.09. The quantitative estimate of drug-likeness (QED) is 0.607. The van der Waals surface area contributed by atoms with Crippen molar-refractivity contribution in [3.8, 4) is 11.6 Å². The number of hydrogen-bond acceptors (Lipinski definition) is 2. The molecule has 0 saturated carbocycles. The minimum absolute atomic E-state index is 0.375. The highest BCUT2D eigenvalue weighted by Gasteiger charge is 2.08. The lowest BCUT2D eigenvalue weighted by atomic mass is 10.1. The molecule has 0 radical (unpaired) electrons. The van der Waals surface area contributed by atoms with Crippen LogP contribution in [0, 0.1) is 0 Å². The summed E-state index contributed by atoms with van der Waals surface area (Å²) < 4.78 is 5.91. The van der Waals surface area contributed by atoms with E-state index in [-0.39, 0.29) is 0 Å². The van der Waals surface area contributed by atoms with Gasteiger partial charge in [-0.05, 0) is 36.2 Å². The minimum atomic E-state index is 0.375. The second-order valence-electron chi connectivity index (χ2n) is 4.88. The Bertz CT molecular complexity index is 753. The molecule has 3 heteroatoms. The van der Waals surface area contributed by atoms with Gasteiger partial charge in [0.25, 0.3) is 0 Å². The average Bonchev–Trinajstić information content (AvgIpc) is 2.55. The predicted octanol–water partition coefficient (Wildman–Crippen LogP) is 5.33. The first-order valence-electron chi connectivity index (χ1n) is 7.01. The van der Waals surface area contributed by atoms with Crippen LogP contribution in [0.5, 0.6) is 11.6 Å². The molecule has 0 N–H and O–H groups in total. The number of aryl methyl sites for hydroxylation is 1. The molecule has 0 aliphatic rings. The lowest BCUT2D eigenvalue weighted by Crippen LogP contribution is -1.94. The fourth-order valence-electron chi connectivity index (χ4n) is 2.23. The smallest absolute Gasteiger partial charge is 0.224 e. The molecule has 0 spiro atoms. The van der Waals surface area contributed by atoms with Gasteiger partial charge in [0.1, 0.15) is 5.75 Å². The second-order valence-corrected chi connectivity index (χ2v) is 5.15. The third kappa shape index (κ3) is 3.01. The molecular formula is C18H16ClNO. The summed E-state index contributed by atoms with van der Waals surface area (Å²) in [6, 6.07) is 18.1. The van der Waals surface area contributed by atoms with Gasteiger partial charge in [-0.25, -0.2) is 4.98 Å². The fraction of sp³-hybridized carbons (Fsp3) is 0.167. The van der Waals surface area contributed by atoms with E-state index in [9.17, 15) is 0 Å². The van der Waals surface area contributed by atoms with E-state index in [0.717, 1.165) is 28.6 Å². The standard InChI is InChI=1S/C18H16ClNO/c1-2-13-7-9-16(10-8-13)21-18-15(12-19)11-14-5-3-4-6-17(14)20-18/h3-11H,2,12H2,1H3. The average molecular weight is 298 g/mol. The molecule has 0 aliphatic heterocycles. The van der Waals surface area contributed by atoms with Crippen molar-refractivity contribution in [2.24, 2.45) is 0 Å². The van der Waals surface area contributed by atoms with E-state index in [0.29, 0.717) is 11.8 Å². The molecule has 2 aromatic carbocycles. The van der Waals surface area contributed by atoms with Gasteiger partial charge in [0.15, 0.2) is 0 Å². The molecule has 0 unspecified atom stereocenters. The van der Waals surface area contributed by atoms with Crippen LogP contribution in [0.3, 0.4) is 0 Å². The van der Waals surface area contributed by atoms with Crippen LogP contribution in [0.15, 0.2) is 54.6 Å². The molecule has 1 heterocycles. The first-order chi connectivity index (χ1) is 10.3. The second kappa shape index (κ2) is 6.15. The Morgan fingerprint density at radius 3 is 2.52 bits per heavy atom. The number of benzene rings is 2. The van der Waals surface area contributed by atoms with Gasteiger partial charge in [-0.1, -0.05) is 37.3 Å². The predicted molar refractivity (Wildman–Crippen MR) is 87.2 cm³/mol. The van der Waals surface area contributed by atoms with Crippen LogP contribution in [0.25, 0.3) is 10.9 Å². The molecule has 3 aromatic rings. The number of fused-ring (bicyclic) bond motifs is 1. The van der Waals surface area contributed by atoms with E-state index < -0.39 is 0 Å². The SMILES string of the molecule is CCc1ccc(Oc2nc3ccccc3cc2CCl)cc1. The van der Waals surface area contributed by atoms with E-state index in [4.69, 9.17) is 16.3 Å². The Morgan fingerprint density at radius 2 is 1.81 bits per heavy atom. The number of rotatable bonds is 4. The maximum absolute atomic E-state index is 6.03. The summed E-state index contributed by atoms with van der Waals surface area (Å²) >= 11 is 6.03. The molecule has 0 saturated heterocycles. The first-order valence-corrected chi connectivity index (χ1v) is 7.55. The van der Waals surface area contributed by atoms with Crippen LogP contribution in [0.2, 0.25) is 0 Å². The topological polar surface area (TPSA) is 22.1 Å². The Labute approximate surface area is 129 Å². The number of hydrogen-bond donors (Lipinski definition) is 0. The van der Waals surface area contributed by atoms with E-state index in [1.165, 1.54) is 5.56 Å². The van der Waals surface area contributed by atoms with E-state index >= 15 is 0 Å². The van der Waals surface area contributed by atoms with Crippen molar-refractivity contribution in [2.45, 2.75) is 19.2 Å². The number of ether oxygens (including phenoxy) is 1. The van der Waals surface area contributed by atoms with Crippen LogP contribution < -0.4 is 4.74 Å². The Hall–Kier alpha value is -2.06. The number of nitrogens with zero attached hydrogens (tertiary/aromatic N) is 1. The minimum Gasteiger partial charge on any atom is -0.439 e. The van der Waals surface area contributed by atoms with Gasteiger partial charge in [-0.2, -0.15) is 0 Å². The number of halogens is 1. The van der Waals surface area contributed by atoms with Crippen molar-refractivity contribution in [3.63, 3.8) is 0 Å². The summed E-state index contributed by atoms with van der Waals surface area (Å²) in [6.45, 7) is 2.13. The molecule has 0 atom stereocenters. The van der Waals surface area contributed by atoms with E-state index in [1.54, 1.807) is 0 Å². The Morgan fingerprint density at radius 1 is 1.05 bits per heavy atom. The molecule has 21 heavy (non-hydrogen) atoms. The summed E-state index contributed by atoms with van der Waals surface area (Å²) in [7, 11) is 0. The number of para-hydroxylation sites is 1. The molecule has 0 bridgehead atoms. The fourth-order valence-corrected chi connectivity index (χ4v) is 2.42. The van der Waals surface area contributed by atoms with Gasteiger partial charge in [-0.15, -0.1) is 11.6 Å². The maximum atomic E-state index is 6.03. The third-order valence-electron chi connectivity index (χ3n) is 3.45. The van der Waals surface area contributed by atoms with Gasteiger partial charge in [0.05, 0.1) is 11.4 Å².